The molecule has 0 radical (unpaired) electrons. The van der Waals surface area contributed by atoms with E-state index in [1.165, 1.54) is 6.07 Å². The molecule has 0 aliphatic carbocycles. The number of fused-ring (bicyclic) bond motifs is 1. The number of carbonyl (C=O) groups is 1. The van der Waals surface area contributed by atoms with Crippen LogP contribution in [0.25, 0.3) is 0 Å². The van der Waals surface area contributed by atoms with E-state index in [4.69, 9.17) is 11.6 Å². The summed E-state index contributed by atoms with van der Waals surface area (Å²) in [5.41, 5.74) is 1.01. The number of amides is 1. The first-order valence-corrected chi connectivity index (χ1v) is 7.14. The van der Waals surface area contributed by atoms with E-state index in [1.54, 1.807) is 12.1 Å². The van der Waals surface area contributed by atoms with Gasteiger partial charge in [0.2, 0.25) is 0 Å². The molecule has 17 heavy (non-hydrogen) atoms. The van der Waals surface area contributed by atoms with E-state index >= 15 is 0 Å². The summed E-state index contributed by atoms with van der Waals surface area (Å²) in [6.45, 7) is 3.83. The second-order valence-electron chi connectivity index (χ2n) is 4.15. The topological polar surface area (TPSA) is 54.5 Å². The highest BCUT2D eigenvalue weighted by atomic mass is 35.5. The lowest BCUT2D eigenvalue weighted by Crippen LogP contribution is -2.28. The molecule has 0 saturated carbocycles. The third-order valence-electron chi connectivity index (χ3n) is 2.80. The van der Waals surface area contributed by atoms with Gasteiger partial charge in [-0.05, 0) is 17.5 Å². The Morgan fingerprint density at radius 1 is 1.35 bits per heavy atom. The zero-order valence-corrected chi connectivity index (χ0v) is 11.0. The van der Waals surface area contributed by atoms with Crippen molar-refractivity contribution in [3.05, 3.63) is 29.3 Å². The molecule has 0 N–H and O–H groups in total. The number of rotatable bonds is 2. The number of sulfonamides is 1. The first-order chi connectivity index (χ1) is 7.91. The molecule has 0 saturated heterocycles. The van der Waals surface area contributed by atoms with Crippen molar-refractivity contribution in [3.63, 3.8) is 0 Å². The molecule has 0 spiro atoms. The summed E-state index contributed by atoms with van der Waals surface area (Å²) in [6.07, 6.45) is 0. The van der Waals surface area contributed by atoms with Crippen molar-refractivity contribution in [2.24, 2.45) is 0 Å². The maximum atomic E-state index is 12.0. The van der Waals surface area contributed by atoms with Crippen molar-refractivity contribution in [3.8, 4) is 0 Å². The second kappa shape index (κ2) is 3.99. The third-order valence-corrected chi connectivity index (χ3v) is 4.95. The molecular formula is C11H12ClNO3S. The summed E-state index contributed by atoms with van der Waals surface area (Å²) in [5.74, 6) is -0.446. The number of alkyl halides is 1. The molecule has 2 rings (SSSR count). The van der Waals surface area contributed by atoms with Gasteiger partial charge in [0, 0.05) is 0 Å². The molecule has 0 aromatic heterocycles. The number of benzene rings is 1. The fourth-order valence-electron chi connectivity index (χ4n) is 1.94. The number of nitrogens with zero attached hydrogens (tertiary/aromatic N) is 1. The van der Waals surface area contributed by atoms with Gasteiger partial charge in [0.15, 0.2) is 0 Å². The van der Waals surface area contributed by atoms with Crippen LogP contribution < -0.4 is 0 Å². The average Bonchev–Trinajstić information content (AvgIpc) is 2.46. The number of carbonyl (C=O) groups excluding carboxylic acids is 1. The molecule has 1 aromatic rings. The van der Waals surface area contributed by atoms with E-state index in [1.807, 2.05) is 13.8 Å². The monoisotopic (exact) mass is 273 g/mol. The molecule has 1 amide bonds. The van der Waals surface area contributed by atoms with Crippen molar-refractivity contribution >= 4 is 27.5 Å². The van der Waals surface area contributed by atoms with Crippen molar-refractivity contribution in [2.45, 2.75) is 24.7 Å². The van der Waals surface area contributed by atoms with Gasteiger partial charge in [-0.15, -0.1) is 11.6 Å². The minimum absolute atomic E-state index is 0.0642. The lowest BCUT2D eigenvalue weighted by molar-refractivity contribution is 0.0884. The minimum atomic E-state index is -3.75. The Morgan fingerprint density at radius 2 is 2.00 bits per heavy atom. The number of hydrogen-bond donors (Lipinski definition) is 0. The van der Waals surface area contributed by atoms with Crippen LogP contribution in [0, 0.1) is 0 Å². The van der Waals surface area contributed by atoms with E-state index in [-0.39, 0.29) is 22.4 Å². The van der Waals surface area contributed by atoms with Gasteiger partial charge in [-0.2, -0.15) is 0 Å². The number of hydrogen-bond acceptors (Lipinski definition) is 3. The zero-order chi connectivity index (χ0) is 12.8. The largest absolute Gasteiger partial charge is 0.270 e. The first-order valence-electron chi connectivity index (χ1n) is 5.17. The summed E-state index contributed by atoms with van der Waals surface area (Å²) in [7, 11) is -3.75. The average molecular weight is 274 g/mol. The van der Waals surface area contributed by atoms with Crippen molar-refractivity contribution < 1.29 is 13.2 Å². The van der Waals surface area contributed by atoms with E-state index < -0.39 is 15.9 Å². The Hall–Kier alpha value is -1.07. The van der Waals surface area contributed by atoms with Gasteiger partial charge in [-0.3, -0.25) is 4.79 Å². The SMILES string of the molecule is CC(C)c1cccc2c1C(=O)N(CCl)S2(=O)=O. The van der Waals surface area contributed by atoms with Crippen LogP contribution in [0.15, 0.2) is 23.1 Å². The third kappa shape index (κ3) is 1.65. The quantitative estimate of drug-likeness (QED) is 0.613. The predicted octanol–water partition coefficient (Wildman–Crippen LogP) is 2.15. The molecule has 1 aliphatic heterocycles. The highest BCUT2D eigenvalue weighted by Gasteiger charge is 2.42. The van der Waals surface area contributed by atoms with E-state index in [0.29, 0.717) is 4.31 Å². The molecule has 0 unspecified atom stereocenters. The molecule has 1 heterocycles. The summed E-state index contributed by atoms with van der Waals surface area (Å²) in [6, 6.07) is 4.51. The van der Waals surface area contributed by atoms with Gasteiger partial charge in [0.1, 0.15) is 10.9 Å². The van der Waals surface area contributed by atoms with Gasteiger partial charge in [-0.25, -0.2) is 12.7 Å². The summed E-state index contributed by atoms with van der Waals surface area (Å²) >= 11 is 5.54. The Labute approximate surface area is 105 Å². The summed E-state index contributed by atoms with van der Waals surface area (Å²) < 4.78 is 24.7. The van der Waals surface area contributed by atoms with Crippen LogP contribution in [0.3, 0.4) is 0 Å². The van der Waals surface area contributed by atoms with E-state index in [9.17, 15) is 13.2 Å². The number of halogens is 1. The normalized spacial score (nSPS) is 17.6. The summed E-state index contributed by atoms with van der Waals surface area (Å²) in [5, 5.41) is 0. The molecule has 1 aromatic carbocycles. The lowest BCUT2D eigenvalue weighted by atomic mass is 9.97. The fourth-order valence-corrected chi connectivity index (χ4v) is 3.83. The molecule has 6 heteroatoms. The smallest absolute Gasteiger partial charge is 0.268 e. The van der Waals surface area contributed by atoms with Crippen LogP contribution in [0.5, 0.6) is 0 Å². The Kier molecular flexibility index (Phi) is 2.91. The predicted molar refractivity (Wildman–Crippen MR) is 64.6 cm³/mol. The molecule has 0 bridgehead atoms. The van der Waals surface area contributed by atoms with Gasteiger partial charge in [-0.1, -0.05) is 26.0 Å². The standard InChI is InChI=1S/C11H12ClNO3S/c1-7(2)8-4-3-5-9-10(8)11(14)13(6-12)17(9,15)16/h3-5,7H,6H2,1-2H3. The van der Waals surface area contributed by atoms with Crippen LogP contribution in [0.1, 0.15) is 35.7 Å². The molecular weight excluding hydrogens is 262 g/mol. The lowest BCUT2D eigenvalue weighted by Gasteiger charge is -2.10. The molecule has 1 aliphatic rings. The van der Waals surface area contributed by atoms with Crippen LogP contribution in [0.4, 0.5) is 0 Å². The minimum Gasteiger partial charge on any atom is -0.268 e. The summed E-state index contributed by atoms with van der Waals surface area (Å²) in [4.78, 5) is 12.1. The van der Waals surface area contributed by atoms with E-state index in [0.717, 1.165) is 5.56 Å². The fraction of sp³-hybridized carbons (Fsp3) is 0.364. The Morgan fingerprint density at radius 3 is 2.53 bits per heavy atom. The molecule has 4 nitrogen and oxygen atoms in total. The van der Waals surface area contributed by atoms with Crippen LogP contribution in [-0.2, 0) is 10.0 Å². The van der Waals surface area contributed by atoms with Crippen molar-refractivity contribution in [1.82, 2.24) is 4.31 Å². The maximum Gasteiger partial charge on any atom is 0.270 e. The molecule has 0 atom stereocenters. The van der Waals surface area contributed by atoms with Crippen molar-refractivity contribution in [1.29, 1.82) is 0 Å². The van der Waals surface area contributed by atoms with Crippen LogP contribution in [-0.4, -0.2) is 24.6 Å². The first kappa shape index (κ1) is 12.4. The highest BCUT2D eigenvalue weighted by molar-refractivity contribution is 7.90. The van der Waals surface area contributed by atoms with Gasteiger partial charge < -0.3 is 0 Å². The Bertz CT molecular complexity index is 580. The maximum absolute atomic E-state index is 12.0. The second-order valence-corrected chi connectivity index (χ2v) is 6.22. The van der Waals surface area contributed by atoms with Crippen molar-refractivity contribution in [2.75, 3.05) is 6.00 Å². The van der Waals surface area contributed by atoms with Crippen LogP contribution in [0.2, 0.25) is 0 Å². The van der Waals surface area contributed by atoms with Gasteiger partial charge >= 0.3 is 0 Å². The van der Waals surface area contributed by atoms with Gasteiger partial charge in [0.25, 0.3) is 15.9 Å². The zero-order valence-electron chi connectivity index (χ0n) is 9.47. The highest BCUT2D eigenvalue weighted by Crippen LogP contribution is 2.35. The Balaban J connectivity index is 2.77. The molecule has 92 valence electrons. The van der Waals surface area contributed by atoms with Gasteiger partial charge in [0.05, 0.1) is 5.56 Å². The van der Waals surface area contributed by atoms with E-state index in [2.05, 4.69) is 0 Å². The van der Waals surface area contributed by atoms with Crippen LogP contribution >= 0.6 is 11.6 Å². The molecule has 0 fully saturated rings.